The number of nitrogens with zero attached hydrogens (tertiary/aromatic N) is 2. The van der Waals surface area contributed by atoms with Gasteiger partial charge in [0.1, 0.15) is 17.7 Å². The van der Waals surface area contributed by atoms with Gasteiger partial charge in [-0.2, -0.15) is 10.5 Å². The number of hydrogen-bond donors (Lipinski definition) is 0. The number of benzene rings is 1. The third-order valence-corrected chi connectivity index (χ3v) is 1.81. The van der Waals surface area contributed by atoms with Crippen molar-refractivity contribution in [1.82, 2.24) is 0 Å². The highest BCUT2D eigenvalue weighted by molar-refractivity contribution is 5.62. The maximum absolute atomic E-state index is 8.59. The van der Waals surface area contributed by atoms with Gasteiger partial charge in [0, 0.05) is 7.11 Å². The van der Waals surface area contributed by atoms with Crippen LogP contribution in [0.3, 0.4) is 0 Å². The van der Waals surface area contributed by atoms with Crippen LogP contribution in [0.1, 0.15) is 11.1 Å². The fourth-order valence-electron chi connectivity index (χ4n) is 1.20. The second-order valence-corrected chi connectivity index (χ2v) is 2.96. The maximum atomic E-state index is 8.59. The molecule has 15 heavy (non-hydrogen) atoms. The van der Waals surface area contributed by atoms with Gasteiger partial charge in [-0.1, -0.05) is 18.2 Å². The van der Waals surface area contributed by atoms with Crippen LogP contribution >= 0.6 is 0 Å². The van der Waals surface area contributed by atoms with Crippen molar-refractivity contribution in [1.29, 1.82) is 10.5 Å². The van der Waals surface area contributed by atoms with Crippen LogP contribution < -0.4 is 0 Å². The fourth-order valence-corrected chi connectivity index (χ4v) is 1.20. The Balaban J connectivity index is 2.97. The Labute approximate surface area is 88.8 Å². The van der Waals surface area contributed by atoms with Crippen molar-refractivity contribution in [2.75, 3.05) is 7.11 Å². The molecule has 0 amide bonds. The van der Waals surface area contributed by atoms with Gasteiger partial charge in [0.25, 0.3) is 0 Å². The van der Waals surface area contributed by atoms with Crippen LogP contribution in [-0.4, -0.2) is 7.11 Å². The summed E-state index contributed by atoms with van der Waals surface area (Å²) in [7, 11) is 1.62. The normalized spacial score (nSPS) is 8.73. The lowest BCUT2D eigenvalue weighted by Gasteiger charge is -2.00. The summed E-state index contributed by atoms with van der Waals surface area (Å²) < 4.78 is 4.99. The van der Waals surface area contributed by atoms with Crippen LogP contribution in [0, 0.1) is 22.7 Å². The number of hydrogen-bond acceptors (Lipinski definition) is 3. The van der Waals surface area contributed by atoms with Gasteiger partial charge in [0.15, 0.2) is 0 Å². The minimum atomic E-state index is 0.101. The number of nitriles is 2. The maximum Gasteiger partial charge on any atom is 0.130 e. The molecule has 3 heteroatoms. The van der Waals surface area contributed by atoms with Crippen LogP contribution in [0.25, 0.3) is 6.08 Å². The van der Waals surface area contributed by atoms with E-state index in [1.807, 2.05) is 36.4 Å². The predicted octanol–water partition coefficient (Wildman–Crippen LogP) is 2.26. The zero-order valence-corrected chi connectivity index (χ0v) is 8.40. The van der Waals surface area contributed by atoms with Gasteiger partial charge in [-0.05, 0) is 23.3 Å². The highest BCUT2D eigenvalue weighted by atomic mass is 16.5. The van der Waals surface area contributed by atoms with E-state index in [-0.39, 0.29) is 5.57 Å². The molecule has 0 atom stereocenters. The first kappa shape index (κ1) is 11.0. The van der Waals surface area contributed by atoms with Crippen LogP contribution in [0.15, 0.2) is 29.8 Å². The second-order valence-electron chi connectivity index (χ2n) is 2.96. The summed E-state index contributed by atoms with van der Waals surface area (Å²) in [5.74, 6) is 0. The SMILES string of the molecule is COCc1cccc(C=C(C#N)C#N)c1. The molecule has 0 spiro atoms. The van der Waals surface area contributed by atoms with Gasteiger partial charge >= 0.3 is 0 Å². The third-order valence-electron chi connectivity index (χ3n) is 1.81. The van der Waals surface area contributed by atoms with Crippen molar-refractivity contribution in [3.05, 3.63) is 41.0 Å². The standard InChI is InChI=1S/C12H10N2O/c1-15-9-11-4-2-3-10(5-11)6-12(7-13)8-14/h2-6H,9H2,1H3. The molecule has 0 saturated heterocycles. The monoisotopic (exact) mass is 198 g/mol. The first-order chi connectivity index (χ1) is 7.30. The first-order valence-electron chi connectivity index (χ1n) is 4.40. The Hall–Kier alpha value is -2.10. The molecule has 0 aliphatic rings. The van der Waals surface area contributed by atoms with E-state index in [0.29, 0.717) is 6.61 Å². The van der Waals surface area contributed by atoms with Gasteiger partial charge in [0.2, 0.25) is 0 Å². The summed E-state index contributed by atoms with van der Waals surface area (Å²) in [6, 6.07) is 11.2. The molecule has 1 aromatic carbocycles. The van der Waals surface area contributed by atoms with E-state index in [1.54, 1.807) is 13.2 Å². The molecular weight excluding hydrogens is 188 g/mol. The Morgan fingerprint density at radius 3 is 2.73 bits per heavy atom. The topological polar surface area (TPSA) is 56.8 Å². The Kier molecular flexibility index (Phi) is 4.09. The molecule has 3 nitrogen and oxygen atoms in total. The van der Waals surface area contributed by atoms with Crippen molar-refractivity contribution in [3.63, 3.8) is 0 Å². The number of allylic oxidation sites excluding steroid dienone is 1. The zero-order valence-electron chi connectivity index (χ0n) is 8.40. The molecule has 1 aromatic rings. The lowest BCUT2D eigenvalue weighted by molar-refractivity contribution is 0.185. The van der Waals surface area contributed by atoms with Crippen molar-refractivity contribution in [3.8, 4) is 12.1 Å². The Bertz CT molecular complexity index is 433. The number of methoxy groups -OCH3 is 1. The second kappa shape index (κ2) is 5.59. The van der Waals surface area contributed by atoms with E-state index in [9.17, 15) is 0 Å². The van der Waals surface area contributed by atoms with Crippen LogP contribution in [0.2, 0.25) is 0 Å². The zero-order chi connectivity index (χ0) is 11.1. The highest BCUT2D eigenvalue weighted by Gasteiger charge is 1.96. The van der Waals surface area contributed by atoms with Crippen molar-refractivity contribution in [2.24, 2.45) is 0 Å². The van der Waals surface area contributed by atoms with Gasteiger partial charge in [-0.25, -0.2) is 0 Å². The first-order valence-corrected chi connectivity index (χ1v) is 4.40. The molecule has 0 aliphatic carbocycles. The van der Waals surface area contributed by atoms with E-state index in [4.69, 9.17) is 15.3 Å². The largest absolute Gasteiger partial charge is 0.380 e. The third kappa shape index (κ3) is 3.27. The van der Waals surface area contributed by atoms with Gasteiger partial charge < -0.3 is 4.74 Å². The van der Waals surface area contributed by atoms with Crippen molar-refractivity contribution >= 4 is 6.08 Å². The number of rotatable bonds is 3. The lowest BCUT2D eigenvalue weighted by Crippen LogP contribution is -1.87. The Morgan fingerprint density at radius 1 is 1.40 bits per heavy atom. The van der Waals surface area contributed by atoms with Crippen molar-refractivity contribution < 1.29 is 4.74 Å². The number of ether oxygens (including phenoxy) is 1. The quantitative estimate of drug-likeness (QED) is 0.700. The van der Waals surface area contributed by atoms with Gasteiger partial charge in [0.05, 0.1) is 6.61 Å². The fraction of sp³-hybridized carbons (Fsp3) is 0.167. The molecule has 1 rings (SSSR count). The molecule has 0 aliphatic heterocycles. The van der Waals surface area contributed by atoms with Gasteiger partial charge in [-0.15, -0.1) is 0 Å². The molecule has 0 bridgehead atoms. The molecule has 0 radical (unpaired) electrons. The summed E-state index contributed by atoms with van der Waals surface area (Å²) in [5.41, 5.74) is 1.95. The van der Waals surface area contributed by atoms with E-state index in [1.165, 1.54) is 0 Å². The average molecular weight is 198 g/mol. The molecule has 0 unspecified atom stereocenters. The highest BCUT2D eigenvalue weighted by Crippen LogP contribution is 2.10. The molecule has 74 valence electrons. The predicted molar refractivity (Wildman–Crippen MR) is 56.4 cm³/mol. The summed E-state index contributed by atoms with van der Waals surface area (Å²) >= 11 is 0. The molecule has 0 fully saturated rings. The summed E-state index contributed by atoms with van der Waals surface area (Å²) in [5, 5.41) is 17.2. The molecule has 0 aromatic heterocycles. The van der Waals surface area contributed by atoms with Crippen LogP contribution in [-0.2, 0) is 11.3 Å². The Morgan fingerprint density at radius 2 is 2.13 bits per heavy atom. The average Bonchev–Trinajstić information content (AvgIpc) is 2.27. The molecule has 0 N–H and O–H groups in total. The van der Waals surface area contributed by atoms with Gasteiger partial charge in [-0.3, -0.25) is 0 Å². The summed E-state index contributed by atoms with van der Waals surface area (Å²) in [6.07, 6.45) is 1.55. The van der Waals surface area contributed by atoms with E-state index in [2.05, 4.69) is 0 Å². The summed E-state index contributed by atoms with van der Waals surface area (Å²) in [6.45, 7) is 0.524. The molecule has 0 heterocycles. The minimum absolute atomic E-state index is 0.101. The van der Waals surface area contributed by atoms with E-state index < -0.39 is 0 Å². The molecular formula is C12H10N2O. The minimum Gasteiger partial charge on any atom is -0.380 e. The smallest absolute Gasteiger partial charge is 0.130 e. The van der Waals surface area contributed by atoms with Crippen molar-refractivity contribution in [2.45, 2.75) is 6.61 Å². The van der Waals surface area contributed by atoms with E-state index in [0.717, 1.165) is 11.1 Å². The lowest BCUT2D eigenvalue weighted by atomic mass is 10.1. The van der Waals surface area contributed by atoms with Crippen LogP contribution in [0.4, 0.5) is 0 Å². The molecule has 0 saturated carbocycles. The summed E-state index contributed by atoms with van der Waals surface area (Å²) in [4.78, 5) is 0. The van der Waals surface area contributed by atoms with E-state index >= 15 is 0 Å². The van der Waals surface area contributed by atoms with Crippen LogP contribution in [0.5, 0.6) is 0 Å².